The molecule has 164 valence electrons. The van der Waals surface area contributed by atoms with Crippen molar-refractivity contribution in [2.24, 2.45) is 0 Å². The highest BCUT2D eigenvalue weighted by molar-refractivity contribution is 5.86. The van der Waals surface area contributed by atoms with E-state index >= 15 is 0 Å². The Morgan fingerprint density at radius 1 is 1.03 bits per heavy atom. The third-order valence-corrected chi connectivity index (χ3v) is 5.75. The first-order chi connectivity index (χ1) is 15.0. The number of aliphatic hydroxyl groups excluding tert-OH is 1. The molecule has 2 aromatic rings. The second-order valence-corrected chi connectivity index (χ2v) is 8.19. The van der Waals surface area contributed by atoms with Crippen molar-refractivity contribution in [2.75, 3.05) is 19.6 Å². The second-order valence-electron chi connectivity index (χ2n) is 8.19. The van der Waals surface area contributed by atoms with Crippen LogP contribution < -0.4 is 0 Å². The van der Waals surface area contributed by atoms with Crippen LogP contribution in [0.3, 0.4) is 0 Å². The van der Waals surface area contributed by atoms with Gasteiger partial charge in [-0.3, -0.25) is 9.69 Å². The summed E-state index contributed by atoms with van der Waals surface area (Å²) in [6, 6.07) is 18.4. The monoisotopic (exact) mass is 424 g/mol. The lowest BCUT2D eigenvalue weighted by Crippen LogP contribution is -2.53. The number of hydrogen-bond acceptors (Lipinski definition) is 5. The van der Waals surface area contributed by atoms with E-state index in [9.17, 15) is 14.7 Å². The van der Waals surface area contributed by atoms with E-state index in [1.54, 1.807) is 4.90 Å². The number of likely N-dealkylation sites (tertiary alicyclic amines) is 1. The number of benzene rings is 2. The lowest BCUT2D eigenvalue weighted by atomic mass is 10.1. The van der Waals surface area contributed by atoms with Crippen molar-refractivity contribution >= 4 is 12.0 Å². The average molecular weight is 424 g/mol. The van der Waals surface area contributed by atoms with Crippen LogP contribution in [0.15, 0.2) is 60.7 Å². The van der Waals surface area contributed by atoms with Crippen molar-refractivity contribution in [3.05, 3.63) is 71.8 Å². The zero-order valence-corrected chi connectivity index (χ0v) is 17.6. The van der Waals surface area contributed by atoms with Crippen LogP contribution in [0.5, 0.6) is 0 Å². The number of nitrogens with zero attached hydrogens (tertiary/aromatic N) is 2. The number of β-amino-alcohol motifs (C(OH)–C–C–N with tert-alkyl or cyclic N) is 1. The highest BCUT2D eigenvalue weighted by Gasteiger charge is 2.43. The first-order valence-electron chi connectivity index (χ1n) is 10.7. The Kier molecular flexibility index (Phi) is 6.53. The molecule has 2 aliphatic heterocycles. The van der Waals surface area contributed by atoms with Gasteiger partial charge in [-0.2, -0.15) is 0 Å². The topological polar surface area (TPSA) is 79.3 Å². The molecule has 7 heteroatoms. The minimum Gasteiger partial charge on any atom is -0.445 e. The molecule has 0 saturated carbocycles. The van der Waals surface area contributed by atoms with E-state index in [-0.39, 0.29) is 37.7 Å². The van der Waals surface area contributed by atoms with Crippen molar-refractivity contribution in [3.63, 3.8) is 0 Å². The SMILES string of the molecule is C[C@H]1CN(C(=O)[C@@H]2C[C@@H](O)CN2C(=O)OCc2ccccc2)C[C@H](c2ccccc2)O1. The fourth-order valence-corrected chi connectivity index (χ4v) is 4.25. The molecule has 0 unspecified atom stereocenters. The van der Waals surface area contributed by atoms with E-state index in [1.807, 2.05) is 67.6 Å². The maximum Gasteiger partial charge on any atom is 0.410 e. The summed E-state index contributed by atoms with van der Waals surface area (Å²) in [5.74, 6) is -0.177. The standard InChI is InChI=1S/C24H28N2O5/c1-17-13-25(15-22(31-17)19-10-6-3-7-11-19)23(28)21-12-20(27)14-26(21)24(29)30-16-18-8-4-2-5-9-18/h2-11,17,20-22,27H,12-16H2,1H3/t17-,20+,21-,22+/m0/s1. The molecule has 1 N–H and O–H groups in total. The molecule has 0 spiro atoms. The van der Waals surface area contributed by atoms with Gasteiger partial charge in [-0.05, 0) is 18.1 Å². The van der Waals surface area contributed by atoms with Crippen LogP contribution in [0, 0.1) is 0 Å². The molecule has 2 amide bonds. The zero-order valence-electron chi connectivity index (χ0n) is 17.6. The van der Waals surface area contributed by atoms with Gasteiger partial charge in [-0.25, -0.2) is 4.79 Å². The van der Waals surface area contributed by atoms with Gasteiger partial charge in [0.2, 0.25) is 5.91 Å². The molecule has 4 atom stereocenters. The molecule has 2 aromatic carbocycles. The predicted molar refractivity (Wildman–Crippen MR) is 114 cm³/mol. The van der Waals surface area contributed by atoms with Crippen LogP contribution in [0.4, 0.5) is 4.79 Å². The Labute approximate surface area is 182 Å². The molecule has 0 aromatic heterocycles. The van der Waals surface area contributed by atoms with Gasteiger partial charge in [0.15, 0.2) is 0 Å². The Hall–Kier alpha value is -2.90. The minimum atomic E-state index is -0.749. The van der Waals surface area contributed by atoms with Crippen molar-refractivity contribution < 1.29 is 24.2 Å². The minimum absolute atomic E-state index is 0.0893. The molecular weight excluding hydrogens is 396 g/mol. The van der Waals surface area contributed by atoms with E-state index < -0.39 is 18.2 Å². The quantitative estimate of drug-likeness (QED) is 0.817. The van der Waals surface area contributed by atoms with Crippen molar-refractivity contribution in [1.82, 2.24) is 9.80 Å². The summed E-state index contributed by atoms with van der Waals surface area (Å²) in [4.78, 5) is 29.2. The number of morpholine rings is 1. The smallest absolute Gasteiger partial charge is 0.410 e. The number of aliphatic hydroxyl groups is 1. The van der Waals surface area contributed by atoms with Crippen LogP contribution in [0.1, 0.15) is 30.6 Å². The van der Waals surface area contributed by atoms with Gasteiger partial charge in [-0.1, -0.05) is 60.7 Å². The zero-order chi connectivity index (χ0) is 21.8. The Balaban J connectivity index is 1.43. The van der Waals surface area contributed by atoms with Crippen LogP contribution in [0.25, 0.3) is 0 Å². The molecule has 0 bridgehead atoms. The number of rotatable bonds is 4. The molecular formula is C24H28N2O5. The Morgan fingerprint density at radius 3 is 2.42 bits per heavy atom. The van der Waals surface area contributed by atoms with Gasteiger partial charge in [0.1, 0.15) is 18.8 Å². The molecule has 2 saturated heterocycles. The molecule has 2 heterocycles. The molecule has 31 heavy (non-hydrogen) atoms. The van der Waals surface area contributed by atoms with Gasteiger partial charge >= 0.3 is 6.09 Å². The van der Waals surface area contributed by atoms with E-state index in [4.69, 9.17) is 9.47 Å². The van der Waals surface area contributed by atoms with Gasteiger partial charge in [-0.15, -0.1) is 0 Å². The fraction of sp³-hybridized carbons (Fsp3) is 0.417. The van der Waals surface area contributed by atoms with E-state index in [0.717, 1.165) is 11.1 Å². The maximum absolute atomic E-state index is 13.4. The molecule has 0 aliphatic carbocycles. The normalized spacial score (nSPS) is 26.0. The average Bonchev–Trinajstić information content (AvgIpc) is 3.19. The van der Waals surface area contributed by atoms with E-state index in [2.05, 4.69) is 0 Å². The maximum atomic E-state index is 13.4. The summed E-state index contributed by atoms with van der Waals surface area (Å²) in [6.07, 6.45) is -1.48. The highest BCUT2D eigenvalue weighted by Crippen LogP contribution is 2.28. The van der Waals surface area contributed by atoms with Crippen molar-refractivity contribution in [3.8, 4) is 0 Å². The van der Waals surface area contributed by atoms with Gasteiger partial charge in [0.25, 0.3) is 0 Å². The van der Waals surface area contributed by atoms with Gasteiger partial charge < -0.3 is 19.5 Å². The van der Waals surface area contributed by atoms with Crippen LogP contribution in [0.2, 0.25) is 0 Å². The number of ether oxygens (including phenoxy) is 2. The Bertz CT molecular complexity index is 891. The highest BCUT2D eigenvalue weighted by atomic mass is 16.6. The molecule has 2 aliphatic rings. The van der Waals surface area contributed by atoms with Gasteiger partial charge in [0.05, 0.1) is 25.3 Å². The summed E-state index contributed by atoms with van der Waals surface area (Å²) in [5, 5.41) is 10.2. The molecule has 7 nitrogen and oxygen atoms in total. The van der Waals surface area contributed by atoms with Crippen LogP contribution in [-0.2, 0) is 20.9 Å². The second kappa shape index (κ2) is 9.49. The summed E-state index contributed by atoms with van der Waals surface area (Å²) in [7, 11) is 0. The third-order valence-electron chi connectivity index (χ3n) is 5.75. The first-order valence-corrected chi connectivity index (χ1v) is 10.7. The summed E-state index contributed by atoms with van der Waals surface area (Å²) in [5.41, 5.74) is 1.88. The number of carbonyl (C=O) groups is 2. The van der Waals surface area contributed by atoms with Crippen LogP contribution in [-0.4, -0.2) is 64.8 Å². The molecule has 4 rings (SSSR count). The molecule has 0 radical (unpaired) electrons. The summed E-state index contributed by atoms with van der Waals surface area (Å²) >= 11 is 0. The van der Waals surface area contributed by atoms with Crippen LogP contribution >= 0.6 is 0 Å². The lowest BCUT2D eigenvalue weighted by molar-refractivity contribution is -0.149. The van der Waals surface area contributed by atoms with E-state index in [0.29, 0.717) is 13.1 Å². The first kappa shape index (κ1) is 21.3. The number of carbonyl (C=O) groups excluding carboxylic acids is 2. The number of hydrogen-bond donors (Lipinski definition) is 1. The van der Waals surface area contributed by atoms with Crippen molar-refractivity contribution in [2.45, 2.75) is 44.3 Å². The predicted octanol–water partition coefficient (Wildman–Crippen LogP) is 2.75. The fourth-order valence-electron chi connectivity index (χ4n) is 4.25. The summed E-state index contributed by atoms with van der Waals surface area (Å²) in [6.45, 7) is 3.00. The Morgan fingerprint density at radius 2 is 1.71 bits per heavy atom. The lowest BCUT2D eigenvalue weighted by Gasteiger charge is -2.39. The summed E-state index contributed by atoms with van der Waals surface area (Å²) < 4.78 is 11.5. The van der Waals surface area contributed by atoms with Gasteiger partial charge in [0, 0.05) is 13.0 Å². The van der Waals surface area contributed by atoms with Crippen molar-refractivity contribution in [1.29, 1.82) is 0 Å². The molecule has 2 fully saturated rings. The van der Waals surface area contributed by atoms with E-state index in [1.165, 1.54) is 4.90 Å². The largest absolute Gasteiger partial charge is 0.445 e. The third kappa shape index (κ3) is 5.06. The number of amides is 2.